The van der Waals surface area contributed by atoms with E-state index in [1.54, 1.807) is 0 Å². The van der Waals surface area contributed by atoms with Crippen molar-refractivity contribution in [3.63, 3.8) is 0 Å². The second kappa shape index (κ2) is 15.5. The first-order chi connectivity index (χ1) is 18.2. The molecule has 0 saturated carbocycles. The number of halogens is 2. The van der Waals surface area contributed by atoms with Crippen LogP contribution in [0.2, 0.25) is 0 Å². The van der Waals surface area contributed by atoms with Gasteiger partial charge in [0.1, 0.15) is 0 Å². The fourth-order valence-electron chi connectivity index (χ4n) is 4.50. The van der Waals surface area contributed by atoms with Crippen molar-refractivity contribution >= 4 is 24.8 Å². The maximum atomic E-state index is 2.99. The molecule has 0 amide bonds. The fourth-order valence-corrected chi connectivity index (χ4v) is 5.69. The van der Waals surface area contributed by atoms with Crippen LogP contribution >= 0.6 is 0 Å². The van der Waals surface area contributed by atoms with Gasteiger partial charge < -0.3 is 24.8 Å². The molecule has 5 aromatic rings. The van der Waals surface area contributed by atoms with Crippen molar-refractivity contribution in [2.45, 2.75) is 48.0 Å². The third kappa shape index (κ3) is 8.53. The Balaban J connectivity index is 0.000000229. The van der Waals surface area contributed by atoms with Gasteiger partial charge in [-0.15, -0.1) is 46.2 Å². The predicted octanol–water partition coefficient (Wildman–Crippen LogP) is 3.68. The van der Waals surface area contributed by atoms with E-state index in [0.29, 0.717) is 0 Å². The molecule has 5 aromatic carbocycles. The minimum absolute atomic E-state index is 0. The maximum absolute atomic E-state index is 2.99. The summed E-state index contributed by atoms with van der Waals surface area (Å²) < 4.78 is 1.47. The quantitative estimate of drug-likeness (QED) is 0.192. The molecule has 0 aliphatic heterocycles. The third-order valence-corrected chi connectivity index (χ3v) is 9.27. The van der Waals surface area contributed by atoms with Crippen LogP contribution in [0.1, 0.15) is 50.9 Å². The average Bonchev–Trinajstić information content (AvgIpc) is 3.58. The summed E-state index contributed by atoms with van der Waals surface area (Å²) in [7, 11) is 0. The van der Waals surface area contributed by atoms with E-state index in [0.717, 1.165) is 30.3 Å². The van der Waals surface area contributed by atoms with Gasteiger partial charge in [0.25, 0.3) is 0 Å². The summed E-state index contributed by atoms with van der Waals surface area (Å²) in [5, 5.41) is 5.53. The summed E-state index contributed by atoms with van der Waals surface area (Å²) in [6.07, 6.45) is 10.0. The zero-order chi connectivity index (χ0) is 27.2. The maximum Gasteiger partial charge on any atom is -0.109 e. The minimum Gasteiger partial charge on any atom is -1.00 e. The first-order valence-corrected chi connectivity index (χ1v) is 15.0. The molecule has 0 radical (unpaired) electrons. The van der Waals surface area contributed by atoms with Crippen LogP contribution in [0.25, 0.3) is 21.5 Å². The topological polar surface area (TPSA) is 0 Å². The molecule has 0 unspecified atom stereocenters. The monoisotopic (exact) mass is 730 g/mol. The number of hydrogen-bond acceptors (Lipinski definition) is 0. The molecule has 6 rings (SSSR count). The third-order valence-electron chi connectivity index (χ3n) is 7.20. The Labute approximate surface area is 267 Å². The van der Waals surface area contributed by atoms with Crippen LogP contribution in [-0.4, -0.2) is 3.26 Å². The summed E-state index contributed by atoms with van der Waals surface area (Å²) >= 11 is 1.08. The second-order valence-electron chi connectivity index (χ2n) is 10.3. The summed E-state index contributed by atoms with van der Waals surface area (Å²) in [6, 6.07) is 29.2. The van der Waals surface area contributed by atoms with Gasteiger partial charge in [-0.25, -0.2) is 12.2 Å². The van der Waals surface area contributed by atoms with E-state index >= 15 is 0 Å². The Bertz CT molecular complexity index is 1510. The van der Waals surface area contributed by atoms with Gasteiger partial charge in [0, 0.05) is 0 Å². The van der Waals surface area contributed by atoms with Crippen molar-refractivity contribution in [3.8, 4) is 0 Å². The zero-order valence-electron chi connectivity index (χ0n) is 24.2. The van der Waals surface area contributed by atoms with Crippen LogP contribution in [-0.2, 0) is 23.9 Å². The number of hydrogen-bond donors (Lipinski definition) is 0. The van der Waals surface area contributed by atoms with Gasteiger partial charge in [0.15, 0.2) is 0 Å². The number of fused-ring (bicyclic) bond motifs is 3. The summed E-state index contributed by atoms with van der Waals surface area (Å²) in [5.41, 5.74) is 10.9. The summed E-state index contributed by atoms with van der Waals surface area (Å²) in [4.78, 5) is 0. The summed E-state index contributed by atoms with van der Waals surface area (Å²) in [6.45, 7) is 13.0. The molecule has 0 saturated heterocycles. The number of aryl methyl sites for hydroxylation is 6. The molecule has 0 spiro atoms. The van der Waals surface area contributed by atoms with Crippen LogP contribution in [0.15, 0.2) is 97.1 Å². The van der Waals surface area contributed by atoms with Crippen LogP contribution in [0.5, 0.6) is 0 Å². The van der Waals surface area contributed by atoms with E-state index in [4.69, 9.17) is 0 Å². The van der Waals surface area contributed by atoms with E-state index in [2.05, 4.69) is 133 Å². The predicted molar refractivity (Wildman–Crippen MR) is 163 cm³/mol. The van der Waals surface area contributed by atoms with Gasteiger partial charge >= 0.3 is 112 Å². The Morgan fingerprint density at radius 2 is 1.02 bits per heavy atom. The molecule has 0 nitrogen and oxygen atoms in total. The molecule has 3 heteroatoms. The molecular weight excluding hydrogens is 694 g/mol. The Morgan fingerprint density at radius 1 is 0.625 bits per heavy atom. The molecule has 1 aliphatic carbocycles. The number of rotatable bonds is 2. The first-order valence-electron chi connectivity index (χ1n) is 13.2. The van der Waals surface area contributed by atoms with Gasteiger partial charge in [-0.2, -0.15) is 6.08 Å². The molecule has 0 aromatic heterocycles. The molecular formula is C37H36Cl2Hf-2. The normalized spacial score (nSPS) is 11.2. The molecule has 0 bridgehead atoms. The second-order valence-corrected chi connectivity index (χ2v) is 12.1. The fraction of sp³-hybridized carbons (Fsp3) is 0.189. The average molecular weight is 730 g/mol. The largest absolute Gasteiger partial charge is 1.00 e. The minimum atomic E-state index is 0. The molecule has 40 heavy (non-hydrogen) atoms. The Morgan fingerprint density at radius 3 is 1.35 bits per heavy atom. The number of benzene rings is 4. The van der Waals surface area contributed by atoms with Crippen LogP contribution in [0, 0.1) is 47.6 Å². The van der Waals surface area contributed by atoms with E-state index in [-0.39, 0.29) is 24.8 Å². The Kier molecular flexibility index (Phi) is 13.1. The molecule has 0 atom stereocenters. The number of allylic oxidation sites excluding steroid dienone is 4. The zero-order valence-corrected chi connectivity index (χ0v) is 29.3. The molecule has 1 aliphatic rings. The van der Waals surface area contributed by atoms with Crippen LogP contribution in [0.4, 0.5) is 0 Å². The molecule has 0 fully saturated rings. The van der Waals surface area contributed by atoms with E-state index in [9.17, 15) is 0 Å². The molecule has 0 N–H and O–H groups in total. The van der Waals surface area contributed by atoms with Crippen LogP contribution < -0.4 is 24.8 Å². The Hall–Kier alpha value is -2.45. The standard InChI is InChI=1S/C17H17.C15H14.C5H5.2ClH.Hf/c1-10-5-14-9-15-6-11(2)13(4)8-17(15)16(14)7-12(10)3;1-12-3-7-14(8-4-12)11-15-9-5-13(2)6-10-15;1-2-4-5-3-1;;;/h5-9H,1-4H3;3-10H,1-2H3;1-3H,4H2;2*1H;/q-1;;-1;;;+2/p-2. The van der Waals surface area contributed by atoms with Crippen molar-refractivity contribution in [3.05, 3.63) is 148 Å². The van der Waals surface area contributed by atoms with Crippen molar-refractivity contribution < 1.29 is 48.7 Å². The molecule has 0 heterocycles. The van der Waals surface area contributed by atoms with Gasteiger partial charge in [-0.3, -0.25) is 6.08 Å². The van der Waals surface area contributed by atoms with E-state index in [1.807, 2.05) is 12.2 Å². The van der Waals surface area contributed by atoms with Gasteiger partial charge in [-0.1, -0.05) is 34.4 Å². The van der Waals surface area contributed by atoms with E-state index < -0.39 is 0 Å². The SMILES string of the molecule is Cc1cc2[cH-]c3cc(C)c(C)cc3c2cc1C.Cc1ccc([C](=[Hf+2])c2ccc(C)cc2)cc1.[C-]1=CC=CC1.[Cl-].[Cl-]. The smallest absolute Gasteiger partial charge is 0.109 e. The van der Waals surface area contributed by atoms with Crippen LogP contribution in [0.3, 0.4) is 0 Å². The van der Waals surface area contributed by atoms with Crippen molar-refractivity contribution in [2.75, 3.05) is 0 Å². The van der Waals surface area contributed by atoms with Crippen molar-refractivity contribution in [2.24, 2.45) is 0 Å². The van der Waals surface area contributed by atoms with Gasteiger partial charge in [-0.05, 0) is 27.7 Å². The van der Waals surface area contributed by atoms with Crippen molar-refractivity contribution in [1.29, 1.82) is 0 Å². The van der Waals surface area contributed by atoms with Gasteiger partial charge in [0.2, 0.25) is 0 Å². The van der Waals surface area contributed by atoms with Crippen molar-refractivity contribution in [1.82, 2.24) is 0 Å². The van der Waals surface area contributed by atoms with Gasteiger partial charge in [0.05, 0.1) is 0 Å². The summed E-state index contributed by atoms with van der Waals surface area (Å²) in [5.74, 6) is 0. The molecule has 204 valence electrons. The van der Waals surface area contributed by atoms with E-state index in [1.165, 1.54) is 69.3 Å². The first kappa shape index (κ1) is 33.8.